The van der Waals surface area contributed by atoms with Gasteiger partial charge in [0.15, 0.2) is 5.37 Å². The van der Waals surface area contributed by atoms with Crippen LogP contribution in [-0.4, -0.2) is 24.5 Å². The highest BCUT2D eigenvalue weighted by Gasteiger charge is 2.34. The lowest BCUT2D eigenvalue weighted by molar-refractivity contribution is 0.0949. The van der Waals surface area contributed by atoms with Crippen LogP contribution in [0.4, 0.5) is 0 Å². The third kappa shape index (κ3) is 3.80. The monoisotopic (exact) mass is 357 g/mol. The van der Waals surface area contributed by atoms with Gasteiger partial charge >= 0.3 is 0 Å². The minimum atomic E-state index is -3.90. The highest BCUT2D eigenvalue weighted by molar-refractivity contribution is 7.92. The maximum atomic E-state index is 12.6. The molecule has 116 valence electrons. The van der Waals surface area contributed by atoms with Gasteiger partial charge in [-0.25, -0.2) is 8.42 Å². The molecule has 1 N–H and O–H groups in total. The molecule has 0 aliphatic rings. The number of amides is 1. The summed E-state index contributed by atoms with van der Waals surface area (Å²) in [7, 11) is -3.90. The van der Waals surface area contributed by atoms with Crippen molar-refractivity contribution in [2.75, 3.05) is 0 Å². The highest BCUT2D eigenvalue weighted by atomic mass is 35.5. The SMILES string of the molecule is O=C(N[C@H](C(Cl)Cl)S(=O)(=O)c1ccccc1)c1ccccc1. The van der Waals surface area contributed by atoms with E-state index >= 15 is 0 Å². The Morgan fingerprint density at radius 1 is 0.909 bits per heavy atom. The Kier molecular flexibility index (Phi) is 5.45. The Morgan fingerprint density at radius 2 is 1.41 bits per heavy atom. The summed E-state index contributed by atoms with van der Waals surface area (Å²) in [4.78, 5) is 10.9. The van der Waals surface area contributed by atoms with Crippen molar-refractivity contribution in [1.29, 1.82) is 0 Å². The molecule has 0 unspecified atom stereocenters. The summed E-state index contributed by atoms with van der Waals surface area (Å²) in [6.07, 6.45) is 0. The second-order valence-electron chi connectivity index (χ2n) is 4.45. The molecule has 0 aromatic heterocycles. The van der Waals surface area contributed by atoms with Gasteiger partial charge in [0.05, 0.1) is 4.90 Å². The van der Waals surface area contributed by atoms with Crippen LogP contribution in [0.25, 0.3) is 0 Å². The minimum absolute atomic E-state index is 0.0414. The van der Waals surface area contributed by atoms with Gasteiger partial charge in [-0.3, -0.25) is 4.79 Å². The van der Waals surface area contributed by atoms with Gasteiger partial charge in [-0.1, -0.05) is 36.4 Å². The predicted molar refractivity (Wildman–Crippen MR) is 86.8 cm³/mol. The lowest BCUT2D eigenvalue weighted by Gasteiger charge is -2.20. The summed E-state index contributed by atoms with van der Waals surface area (Å²) in [5.41, 5.74) is 0.324. The predicted octanol–water partition coefficient (Wildman–Crippen LogP) is 3.02. The van der Waals surface area contributed by atoms with Crippen LogP contribution < -0.4 is 5.32 Å². The van der Waals surface area contributed by atoms with Crippen molar-refractivity contribution < 1.29 is 13.2 Å². The maximum absolute atomic E-state index is 12.6. The van der Waals surface area contributed by atoms with Crippen LogP contribution in [0, 0.1) is 0 Å². The lowest BCUT2D eigenvalue weighted by atomic mass is 10.2. The van der Waals surface area contributed by atoms with E-state index in [0.29, 0.717) is 5.56 Å². The molecule has 0 fully saturated rings. The fourth-order valence-electron chi connectivity index (χ4n) is 1.83. The Morgan fingerprint density at radius 3 is 1.91 bits per heavy atom. The minimum Gasteiger partial charge on any atom is -0.333 e. The van der Waals surface area contributed by atoms with Crippen LogP contribution in [0.1, 0.15) is 10.4 Å². The van der Waals surface area contributed by atoms with Crippen LogP contribution in [0.2, 0.25) is 0 Å². The summed E-state index contributed by atoms with van der Waals surface area (Å²) in [5.74, 6) is -0.559. The number of nitrogens with one attached hydrogen (secondary N) is 1. The van der Waals surface area contributed by atoms with Crippen LogP contribution in [0.3, 0.4) is 0 Å². The first-order valence-corrected chi connectivity index (χ1v) is 8.78. The van der Waals surface area contributed by atoms with Gasteiger partial charge in [0, 0.05) is 5.56 Å². The number of carbonyl (C=O) groups is 1. The zero-order valence-corrected chi connectivity index (χ0v) is 13.6. The van der Waals surface area contributed by atoms with Gasteiger partial charge in [0.1, 0.15) is 4.84 Å². The molecule has 1 atom stereocenters. The number of benzene rings is 2. The van der Waals surface area contributed by atoms with Crippen molar-refractivity contribution in [1.82, 2.24) is 5.32 Å². The molecule has 0 aliphatic carbocycles. The van der Waals surface area contributed by atoms with E-state index in [-0.39, 0.29) is 4.90 Å². The largest absolute Gasteiger partial charge is 0.333 e. The second kappa shape index (κ2) is 7.13. The number of rotatable bonds is 5. The molecule has 0 radical (unpaired) electrons. The van der Waals surface area contributed by atoms with Gasteiger partial charge < -0.3 is 5.32 Å². The number of alkyl halides is 2. The van der Waals surface area contributed by atoms with Crippen LogP contribution >= 0.6 is 23.2 Å². The van der Waals surface area contributed by atoms with E-state index in [2.05, 4.69) is 5.32 Å². The van der Waals surface area contributed by atoms with Crippen LogP contribution in [0.5, 0.6) is 0 Å². The second-order valence-corrected chi connectivity index (χ2v) is 7.69. The molecule has 4 nitrogen and oxygen atoms in total. The topological polar surface area (TPSA) is 63.2 Å². The molecule has 0 saturated carbocycles. The third-order valence-electron chi connectivity index (χ3n) is 2.94. The molecule has 0 spiro atoms. The summed E-state index contributed by atoms with van der Waals surface area (Å²) >= 11 is 11.6. The number of sulfone groups is 1. The van der Waals surface area contributed by atoms with Crippen LogP contribution in [0.15, 0.2) is 65.6 Å². The third-order valence-corrected chi connectivity index (χ3v) is 5.73. The van der Waals surface area contributed by atoms with Crippen molar-refractivity contribution >= 4 is 38.9 Å². The van der Waals surface area contributed by atoms with Gasteiger partial charge in [-0.2, -0.15) is 0 Å². The van der Waals surface area contributed by atoms with E-state index in [1.165, 1.54) is 12.1 Å². The molecular formula is C15H13Cl2NO3S. The van der Waals surface area contributed by atoms with Crippen molar-refractivity contribution in [2.24, 2.45) is 0 Å². The first-order chi connectivity index (χ1) is 10.4. The number of hydrogen-bond acceptors (Lipinski definition) is 3. The Labute approximate surface area is 139 Å². The van der Waals surface area contributed by atoms with Crippen molar-refractivity contribution in [3.63, 3.8) is 0 Å². The molecule has 0 saturated heterocycles. The highest BCUT2D eigenvalue weighted by Crippen LogP contribution is 2.22. The van der Waals surface area contributed by atoms with E-state index in [1.807, 2.05) is 0 Å². The zero-order valence-electron chi connectivity index (χ0n) is 11.3. The summed E-state index contributed by atoms with van der Waals surface area (Å²) < 4.78 is 25.1. The maximum Gasteiger partial charge on any atom is 0.252 e. The summed E-state index contributed by atoms with van der Waals surface area (Å²) in [6.45, 7) is 0. The fraction of sp³-hybridized carbons (Fsp3) is 0.133. The Hall–Kier alpha value is -1.56. The first-order valence-electron chi connectivity index (χ1n) is 6.36. The van der Waals surface area contributed by atoms with Crippen molar-refractivity contribution in [3.05, 3.63) is 66.2 Å². The number of carbonyl (C=O) groups excluding carboxylic acids is 1. The Bertz CT molecular complexity index is 734. The molecule has 0 aliphatic heterocycles. The number of halogens is 2. The molecule has 0 heterocycles. The molecule has 22 heavy (non-hydrogen) atoms. The molecule has 2 aromatic rings. The number of hydrogen-bond donors (Lipinski definition) is 1. The first kappa shape index (κ1) is 16.8. The van der Waals surface area contributed by atoms with Crippen molar-refractivity contribution in [2.45, 2.75) is 15.1 Å². The van der Waals surface area contributed by atoms with Gasteiger partial charge in [0.2, 0.25) is 9.84 Å². The quantitative estimate of drug-likeness (QED) is 0.836. The normalized spacial score (nSPS) is 12.9. The lowest BCUT2D eigenvalue weighted by Crippen LogP contribution is -2.45. The molecule has 2 aromatic carbocycles. The van der Waals surface area contributed by atoms with Crippen molar-refractivity contribution in [3.8, 4) is 0 Å². The van der Waals surface area contributed by atoms with E-state index in [1.54, 1.807) is 48.5 Å². The Balaban J connectivity index is 2.30. The van der Waals surface area contributed by atoms with Gasteiger partial charge in [0.25, 0.3) is 5.91 Å². The van der Waals surface area contributed by atoms with E-state index < -0.39 is 26.0 Å². The molecular weight excluding hydrogens is 345 g/mol. The molecule has 0 bridgehead atoms. The smallest absolute Gasteiger partial charge is 0.252 e. The van der Waals surface area contributed by atoms with Gasteiger partial charge in [-0.05, 0) is 24.3 Å². The zero-order chi connectivity index (χ0) is 16.2. The van der Waals surface area contributed by atoms with E-state index in [4.69, 9.17) is 23.2 Å². The van der Waals surface area contributed by atoms with E-state index in [0.717, 1.165) is 0 Å². The molecule has 7 heteroatoms. The standard InChI is InChI=1S/C15H13Cl2NO3S/c16-13(17)15(18-14(19)11-7-3-1-4-8-11)22(20,21)12-9-5-2-6-10-12/h1-10,13,15H,(H,18,19)/t15-/m0/s1. The average Bonchev–Trinajstić information content (AvgIpc) is 2.53. The summed E-state index contributed by atoms with van der Waals surface area (Å²) in [5, 5.41) is 0.942. The fourth-order valence-corrected chi connectivity index (χ4v) is 4.14. The molecule has 1 amide bonds. The average molecular weight is 358 g/mol. The molecule has 2 rings (SSSR count). The summed E-state index contributed by atoms with van der Waals surface area (Å²) in [6, 6.07) is 15.9. The van der Waals surface area contributed by atoms with E-state index in [9.17, 15) is 13.2 Å². The van der Waals surface area contributed by atoms with Gasteiger partial charge in [-0.15, -0.1) is 23.2 Å². The van der Waals surface area contributed by atoms with Crippen LogP contribution in [-0.2, 0) is 9.84 Å².